The lowest BCUT2D eigenvalue weighted by Gasteiger charge is -2.11. The molecule has 0 saturated carbocycles. The van der Waals surface area contributed by atoms with Crippen molar-refractivity contribution in [2.24, 2.45) is 5.73 Å². The van der Waals surface area contributed by atoms with Crippen molar-refractivity contribution in [3.8, 4) is 28.8 Å². The smallest absolute Gasteiger partial charge is 0.199 e. The Balaban J connectivity index is 1.80. The molecule has 0 saturated heterocycles. The third kappa shape index (κ3) is 3.33. The lowest BCUT2D eigenvalue weighted by atomic mass is 10.0. The van der Waals surface area contributed by atoms with Crippen LogP contribution in [0.5, 0.6) is 0 Å². The molecule has 0 radical (unpaired) electrons. The molecule has 9 nitrogen and oxygen atoms in total. The first-order chi connectivity index (χ1) is 16.4. The number of nitrogens with two attached hydrogens (primary N) is 2. The van der Waals surface area contributed by atoms with Gasteiger partial charge in [0.1, 0.15) is 23.0 Å². The number of nitrogens with zero attached hydrogens (tertiary/aromatic N) is 6. The maximum absolute atomic E-state index is 14.4. The molecule has 0 bridgehead atoms. The molecule has 34 heavy (non-hydrogen) atoms. The molecule has 5 aromatic rings. The molecule has 3 heterocycles. The number of anilines is 1. The monoisotopic (exact) mass is 458 g/mol. The Morgan fingerprint density at radius 2 is 1.85 bits per heavy atom. The van der Waals surface area contributed by atoms with Gasteiger partial charge in [0.05, 0.1) is 23.4 Å². The summed E-state index contributed by atoms with van der Waals surface area (Å²) in [6, 6.07) is 11.0. The topological polar surface area (TPSA) is 145 Å². The predicted octanol–water partition coefficient (Wildman–Crippen LogP) is 3.53. The maximum Gasteiger partial charge on any atom is 0.199 e. The molecule has 5 rings (SSSR count). The van der Waals surface area contributed by atoms with E-state index in [-0.39, 0.29) is 22.9 Å². The predicted molar refractivity (Wildman–Crippen MR) is 118 cm³/mol. The lowest BCUT2D eigenvalue weighted by Crippen LogP contribution is -2.17. The highest BCUT2D eigenvalue weighted by Crippen LogP contribution is 2.35. The molecule has 0 amide bonds. The van der Waals surface area contributed by atoms with Gasteiger partial charge in [-0.1, -0.05) is 18.2 Å². The van der Waals surface area contributed by atoms with Crippen LogP contribution in [-0.2, 0) is 0 Å². The number of hydrogen-bond acceptors (Lipinski definition) is 8. The van der Waals surface area contributed by atoms with Crippen LogP contribution in [-0.4, -0.2) is 24.6 Å². The Morgan fingerprint density at radius 1 is 1.12 bits per heavy atom. The Labute approximate surface area is 191 Å². The molecule has 4 N–H and O–H groups in total. The standard InChI is InChI=1S/C23H16F2N8O/c1-11-20(34-10-29-11)19-18(13-5-2-4-12(8-13)9-26)30-21(28)23-31-22(32-33(19)23)17(27)16-14(24)6-3-7-15(16)25/h2-8,10,17H,27H2,1H3,(H2,28,30). The zero-order chi connectivity index (χ0) is 24.0. The van der Waals surface area contributed by atoms with E-state index in [1.54, 1.807) is 31.2 Å². The summed E-state index contributed by atoms with van der Waals surface area (Å²) in [5.41, 5.74) is 14.3. The largest absolute Gasteiger partial charge is 0.441 e. The number of benzene rings is 2. The second-order valence-electron chi connectivity index (χ2n) is 7.47. The van der Waals surface area contributed by atoms with E-state index < -0.39 is 17.7 Å². The first kappa shape index (κ1) is 21.2. The Kier molecular flexibility index (Phi) is 4.99. The molecule has 0 aliphatic heterocycles. The van der Waals surface area contributed by atoms with Crippen molar-refractivity contribution in [2.75, 3.05) is 5.73 Å². The summed E-state index contributed by atoms with van der Waals surface area (Å²) in [6.07, 6.45) is 1.26. The van der Waals surface area contributed by atoms with E-state index >= 15 is 0 Å². The van der Waals surface area contributed by atoms with Crippen LogP contribution in [0.1, 0.15) is 28.7 Å². The average molecular weight is 458 g/mol. The summed E-state index contributed by atoms with van der Waals surface area (Å²) in [5.74, 6) is -1.38. The third-order valence-electron chi connectivity index (χ3n) is 5.34. The van der Waals surface area contributed by atoms with Gasteiger partial charge in [0.2, 0.25) is 0 Å². The van der Waals surface area contributed by atoms with Gasteiger partial charge in [0, 0.05) is 11.1 Å². The summed E-state index contributed by atoms with van der Waals surface area (Å²) < 4.78 is 35.7. The van der Waals surface area contributed by atoms with E-state index in [9.17, 15) is 14.0 Å². The average Bonchev–Trinajstić information content (AvgIpc) is 3.46. The van der Waals surface area contributed by atoms with Crippen LogP contribution in [0.2, 0.25) is 0 Å². The van der Waals surface area contributed by atoms with Crippen molar-refractivity contribution in [1.82, 2.24) is 24.6 Å². The molecule has 0 aliphatic carbocycles. The molecule has 0 aliphatic rings. The van der Waals surface area contributed by atoms with Crippen molar-refractivity contribution in [3.63, 3.8) is 0 Å². The van der Waals surface area contributed by atoms with Gasteiger partial charge in [-0.25, -0.2) is 28.2 Å². The number of rotatable bonds is 4. The summed E-state index contributed by atoms with van der Waals surface area (Å²) in [6.45, 7) is 1.73. The SMILES string of the molecule is Cc1ncoc1-c1c(-c2cccc(C#N)c2)nc(N)c2nc(C(N)c3c(F)cccc3F)nn12. The minimum absolute atomic E-state index is 0.00163. The van der Waals surface area contributed by atoms with E-state index in [4.69, 9.17) is 15.9 Å². The van der Waals surface area contributed by atoms with Crippen LogP contribution in [0.4, 0.5) is 14.6 Å². The minimum atomic E-state index is -1.31. The fourth-order valence-corrected chi connectivity index (χ4v) is 3.71. The Hall–Kier alpha value is -4.69. The highest BCUT2D eigenvalue weighted by atomic mass is 19.1. The van der Waals surface area contributed by atoms with Gasteiger partial charge >= 0.3 is 0 Å². The molecule has 3 aromatic heterocycles. The summed E-state index contributed by atoms with van der Waals surface area (Å²) in [5, 5.41) is 13.8. The number of hydrogen-bond donors (Lipinski definition) is 2. The summed E-state index contributed by atoms with van der Waals surface area (Å²) in [4.78, 5) is 13.0. The number of nitriles is 1. The molecule has 0 spiro atoms. The van der Waals surface area contributed by atoms with Crippen molar-refractivity contribution >= 4 is 11.5 Å². The van der Waals surface area contributed by atoms with E-state index in [0.717, 1.165) is 12.1 Å². The van der Waals surface area contributed by atoms with E-state index in [0.29, 0.717) is 34.0 Å². The van der Waals surface area contributed by atoms with Crippen LogP contribution in [0, 0.1) is 29.9 Å². The Morgan fingerprint density at radius 3 is 2.53 bits per heavy atom. The zero-order valence-corrected chi connectivity index (χ0v) is 17.7. The van der Waals surface area contributed by atoms with Crippen LogP contribution < -0.4 is 11.5 Å². The second-order valence-corrected chi connectivity index (χ2v) is 7.47. The van der Waals surface area contributed by atoms with Gasteiger partial charge in [0.25, 0.3) is 0 Å². The van der Waals surface area contributed by atoms with Crippen molar-refractivity contribution < 1.29 is 13.2 Å². The van der Waals surface area contributed by atoms with Crippen molar-refractivity contribution in [2.45, 2.75) is 13.0 Å². The molecule has 1 unspecified atom stereocenters. The maximum atomic E-state index is 14.4. The second kappa shape index (κ2) is 8.02. The molecular formula is C23H16F2N8O. The number of fused-ring (bicyclic) bond motifs is 1. The first-order valence-corrected chi connectivity index (χ1v) is 10.1. The number of aromatic nitrogens is 5. The van der Waals surface area contributed by atoms with Gasteiger partial charge in [-0.15, -0.1) is 5.10 Å². The molecule has 2 aromatic carbocycles. The van der Waals surface area contributed by atoms with Crippen molar-refractivity contribution in [3.05, 3.63) is 83.1 Å². The molecular weight excluding hydrogens is 442 g/mol. The van der Waals surface area contributed by atoms with Crippen LogP contribution in [0.3, 0.4) is 0 Å². The van der Waals surface area contributed by atoms with Gasteiger partial charge in [-0.05, 0) is 31.2 Å². The van der Waals surface area contributed by atoms with E-state index in [1.807, 2.05) is 0 Å². The fourth-order valence-electron chi connectivity index (χ4n) is 3.71. The molecule has 1 atom stereocenters. The van der Waals surface area contributed by atoms with Gasteiger partial charge in [0.15, 0.2) is 29.4 Å². The molecule has 0 fully saturated rings. The van der Waals surface area contributed by atoms with Crippen molar-refractivity contribution in [1.29, 1.82) is 5.26 Å². The summed E-state index contributed by atoms with van der Waals surface area (Å²) >= 11 is 0. The van der Waals surface area contributed by atoms with E-state index in [2.05, 4.69) is 26.1 Å². The normalized spacial score (nSPS) is 12.1. The van der Waals surface area contributed by atoms with Crippen LogP contribution in [0.25, 0.3) is 28.4 Å². The fraction of sp³-hybridized carbons (Fsp3) is 0.0870. The highest BCUT2D eigenvalue weighted by molar-refractivity contribution is 5.82. The first-order valence-electron chi connectivity index (χ1n) is 10.1. The Bertz CT molecular complexity index is 1580. The van der Waals surface area contributed by atoms with Crippen LogP contribution >= 0.6 is 0 Å². The number of nitrogen functional groups attached to an aromatic ring is 1. The number of halogens is 2. The highest BCUT2D eigenvalue weighted by Gasteiger charge is 2.27. The van der Waals surface area contributed by atoms with E-state index in [1.165, 1.54) is 17.0 Å². The third-order valence-corrected chi connectivity index (χ3v) is 5.34. The van der Waals surface area contributed by atoms with Gasteiger partial charge in [-0.2, -0.15) is 5.26 Å². The van der Waals surface area contributed by atoms with Gasteiger partial charge < -0.3 is 15.9 Å². The summed E-state index contributed by atoms with van der Waals surface area (Å²) in [7, 11) is 0. The zero-order valence-electron chi connectivity index (χ0n) is 17.7. The number of oxazole rings is 1. The molecule has 168 valence electrons. The minimum Gasteiger partial charge on any atom is -0.441 e. The number of aryl methyl sites for hydroxylation is 1. The lowest BCUT2D eigenvalue weighted by molar-refractivity contribution is 0.537. The van der Waals surface area contributed by atoms with Gasteiger partial charge in [-0.3, -0.25) is 0 Å². The van der Waals surface area contributed by atoms with Crippen LogP contribution in [0.15, 0.2) is 53.3 Å². The quantitative estimate of drug-likeness (QED) is 0.416. The molecule has 11 heteroatoms.